The minimum absolute atomic E-state index is 0.0604. The molecule has 0 fully saturated rings. The van der Waals surface area contributed by atoms with E-state index in [0.29, 0.717) is 35.2 Å². The van der Waals surface area contributed by atoms with Crippen molar-refractivity contribution < 1.29 is 32.3 Å². The lowest BCUT2D eigenvalue weighted by Crippen LogP contribution is -2.17. The van der Waals surface area contributed by atoms with E-state index in [2.05, 4.69) is 20.9 Å². The van der Waals surface area contributed by atoms with Crippen LogP contribution in [0.4, 0.5) is 13.2 Å². The van der Waals surface area contributed by atoms with E-state index in [4.69, 9.17) is 9.78 Å². The summed E-state index contributed by atoms with van der Waals surface area (Å²) in [4.78, 5) is 15.5. The van der Waals surface area contributed by atoms with Gasteiger partial charge in [0.05, 0.1) is 23.6 Å². The van der Waals surface area contributed by atoms with Crippen molar-refractivity contribution in [2.75, 3.05) is 0 Å². The smallest absolute Gasteiger partial charge is 0.481 e. The number of aryl methyl sites for hydroxylation is 1. The molecule has 180 valence electrons. The fourth-order valence-electron chi connectivity index (χ4n) is 4.57. The second-order valence-corrected chi connectivity index (χ2v) is 8.17. The van der Waals surface area contributed by atoms with Gasteiger partial charge in [-0.05, 0) is 42.8 Å². The lowest BCUT2D eigenvalue weighted by molar-refractivity contribution is -0.274. The van der Waals surface area contributed by atoms with Crippen molar-refractivity contribution in [3.05, 3.63) is 53.2 Å². The molecule has 1 aliphatic rings. The number of rotatable bonds is 5. The van der Waals surface area contributed by atoms with E-state index < -0.39 is 18.1 Å². The van der Waals surface area contributed by atoms with Crippen molar-refractivity contribution >= 4 is 16.9 Å². The van der Waals surface area contributed by atoms with Gasteiger partial charge in [0.2, 0.25) is 5.82 Å². The highest BCUT2D eigenvalue weighted by Crippen LogP contribution is 2.41. The van der Waals surface area contributed by atoms with E-state index in [1.807, 2.05) is 4.57 Å². The number of aliphatic carboxylic acids is 1. The van der Waals surface area contributed by atoms with Gasteiger partial charge in [-0.3, -0.25) is 4.79 Å². The number of nitriles is 2. The molecule has 12 heteroatoms. The number of fused-ring (bicyclic) bond motifs is 3. The molecule has 5 rings (SSSR count). The third-order valence-corrected chi connectivity index (χ3v) is 5.92. The maximum atomic E-state index is 12.7. The van der Waals surface area contributed by atoms with Crippen molar-refractivity contribution in [3.8, 4) is 40.7 Å². The fourth-order valence-corrected chi connectivity index (χ4v) is 4.57. The predicted molar refractivity (Wildman–Crippen MR) is 116 cm³/mol. The van der Waals surface area contributed by atoms with Gasteiger partial charge in [0, 0.05) is 40.2 Å². The van der Waals surface area contributed by atoms with Crippen molar-refractivity contribution in [1.29, 1.82) is 10.5 Å². The van der Waals surface area contributed by atoms with Gasteiger partial charge in [0.25, 0.3) is 5.89 Å². The number of carboxylic acids is 1. The lowest BCUT2D eigenvalue weighted by atomic mass is 9.96. The van der Waals surface area contributed by atoms with E-state index in [1.165, 1.54) is 6.07 Å². The summed E-state index contributed by atoms with van der Waals surface area (Å²) in [7, 11) is 0. The van der Waals surface area contributed by atoms with Crippen LogP contribution < -0.4 is 4.74 Å². The third-order valence-electron chi connectivity index (χ3n) is 5.92. The van der Waals surface area contributed by atoms with Crippen LogP contribution >= 0.6 is 0 Å². The molecular formula is C24H14F3N5O4. The average molecular weight is 493 g/mol. The SMILES string of the molecule is N#Cc1cc(OC(F)(F)F)cc(-c2nc(-c3ccc4c(c3)c(C#N)c3n4CC[C@@H]3CC(=O)O)no2)c1. The van der Waals surface area contributed by atoms with Crippen LogP contribution in [0.5, 0.6) is 5.75 Å². The van der Waals surface area contributed by atoms with E-state index in [-0.39, 0.29) is 35.2 Å². The van der Waals surface area contributed by atoms with Crippen molar-refractivity contribution in [2.45, 2.75) is 31.7 Å². The van der Waals surface area contributed by atoms with Crippen molar-refractivity contribution in [1.82, 2.24) is 14.7 Å². The molecule has 1 aliphatic heterocycles. The minimum Gasteiger partial charge on any atom is -0.481 e. The lowest BCUT2D eigenvalue weighted by Gasteiger charge is -2.09. The van der Waals surface area contributed by atoms with Gasteiger partial charge in [-0.25, -0.2) is 0 Å². The highest BCUT2D eigenvalue weighted by atomic mass is 19.4. The largest absolute Gasteiger partial charge is 0.573 e. The number of ether oxygens (including phenoxy) is 1. The van der Waals surface area contributed by atoms with E-state index in [9.17, 15) is 28.3 Å². The number of carbonyl (C=O) groups is 1. The van der Waals surface area contributed by atoms with E-state index >= 15 is 0 Å². The number of hydrogen-bond donors (Lipinski definition) is 1. The average Bonchev–Trinajstić information content (AvgIpc) is 3.52. The number of aromatic nitrogens is 3. The Morgan fingerprint density at radius 3 is 2.69 bits per heavy atom. The second-order valence-electron chi connectivity index (χ2n) is 8.17. The summed E-state index contributed by atoms with van der Waals surface area (Å²) in [5.74, 6) is -1.83. The number of alkyl halides is 3. The minimum atomic E-state index is -4.94. The van der Waals surface area contributed by atoms with Crippen LogP contribution in [0, 0.1) is 22.7 Å². The van der Waals surface area contributed by atoms with E-state index in [1.54, 1.807) is 24.3 Å². The number of halogens is 3. The molecule has 0 aliphatic carbocycles. The molecule has 0 bridgehead atoms. The van der Waals surface area contributed by atoms with Gasteiger partial charge < -0.3 is 18.9 Å². The fraction of sp³-hybridized carbons (Fsp3) is 0.208. The third kappa shape index (κ3) is 4.09. The highest BCUT2D eigenvalue weighted by molar-refractivity contribution is 5.92. The van der Waals surface area contributed by atoms with Gasteiger partial charge in [0.15, 0.2) is 0 Å². The molecule has 0 saturated carbocycles. The summed E-state index contributed by atoms with van der Waals surface area (Å²) in [6.45, 7) is 0.592. The van der Waals surface area contributed by atoms with Gasteiger partial charge in [-0.1, -0.05) is 5.16 Å². The van der Waals surface area contributed by atoms with Crippen LogP contribution in [0.1, 0.15) is 35.6 Å². The Morgan fingerprint density at radius 2 is 2.00 bits per heavy atom. The summed E-state index contributed by atoms with van der Waals surface area (Å²) in [6, 6.07) is 12.4. The summed E-state index contributed by atoms with van der Waals surface area (Å²) >= 11 is 0. The Balaban J connectivity index is 1.54. The molecule has 0 saturated heterocycles. The number of nitrogens with zero attached hydrogens (tertiary/aromatic N) is 5. The number of hydrogen-bond acceptors (Lipinski definition) is 7. The predicted octanol–water partition coefficient (Wildman–Crippen LogP) is 4.96. The quantitative estimate of drug-likeness (QED) is 0.412. The first-order valence-electron chi connectivity index (χ1n) is 10.6. The molecule has 2 aromatic heterocycles. The highest BCUT2D eigenvalue weighted by Gasteiger charge is 2.32. The van der Waals surface area contributed by atoms with Gasteiger partial charge in [-0.15, -0.1) is 13.2 Å². The molecule has 2 aromatic carbocycles. The molecule has 36 heavy (non-hydrogen) atoms. The molecule has 0 amide bonds. The first-order valence-corrected chi connectivity index (χ1v) is 10.6. The molecule has 9 nitrogen and oxygen atoms in total. The maximum absolute atomic E-state index is 12.7. The van der Waals surface area contributed by atoms with Crippen LogP contribution in [0.25, 0.3) is 33.7 Å². The summed E-state index contributed by atoms with van der Waals surface area (Å²) in [5, 5.41) is 32.7. The summed E-state index contributed by atoms with van der Waals surface area (Å²) in [5.41, 5.74) is 2.30. The maximum Gasteiger partial charge on any atom is 0.573 e. The monoisotopic (exact) mass is 493 g/mol. The topological polar surface area (TPSA) is 138 Å². The van der Waals surface area contributed by atoms with Crippen LogP contribution in [-0.4, -0.2) is 32.1 Å². The van der Waals surface area contributed by atoms with Gasteiger partial charge in [0.1, 0.15) is 11.8 Å². The van der Waals surface area contributed by atoms with Gasteiger partial charge >= 0.3 is 12.3 Å². The zero-order valence-corrected chi connectivity index (χ0v) is 18.2. The van der Waals surface area contributed by atoms with E-state index in [0.717, 1.165) is 17.6 Å². The van der Waals surface area contributed by atoms with Crippen molar-refractivity contribution in [3.63, 3.8) is 0 Å². The molecule has 0 unspecified atom stereocenters. The second kappa shape index (κ2) is 8.43. The van der Waals surface area contributed by atoms with Gasteiger partial charge in [-0.2, -0.15) is 15.5 Å². The molecule has 3 heterocycles. The zero-order valence-electron chi connectivity index (χ0n) is 18.2. The summed E-state index contributed by atoms with van der Waals surface area (Å²) in [6.07, 6.45) is -4.39. The van der Waals surface area contributed by atoms with Crippen LogP contribution in [-0.2, 0) is 11.3 Å². The molecule has 1 atom stereocenters. The van der Waals surface area contributed by atoms with Crippen LogP contribution in [0.3, 0.4) is 0 Å². The Labute approximate surface area is 200 Å². The Kier molecular flexibility index (Phi) is 5.37. The number of carboxylic acid groups (broad SMARTS) is 1. The van der Waals surface area contributed by atoms with Crippen LogP contribution in [0.2, 0.25) is 0 Å². The Hall–Kier alpha value is -4.84. The molecule has 4 aromatic rings. The zero-order chi connectivity index (χ0) is 25.6. The number of benzene rings is 2. The Bertz CT molecular complexity index is 1610. The van der Waals surface area contributed by atoms with Crippen LogP contribution in [0.15, 0.2) is 40.9 Å². The molecule has 0 radical (unpaired) electrons. The standard InChI is InChI=1S/C24H14F3N5O4/c25-24(26,27)35-16-6-12(10-28)5-15(7-16)23-30-22(31-36-23)14-1-2-19-17(8-14)18(11-29)21-13(9-20(33)34)3-4-32(19)21/h1-2,5-8,13H,3-4,9H2,(H,33,34)/t13-/m1/s1. The molecule has 1 N–H and O–H groups in total. The summed E-state index contributed by atoms with van der Waals surface area (Å²) < 4.78 is 49.1. The Morgan fingerprint density at radius 1 is 1.19 bits per heavy atom. The molecular weight excluding hydrogens is 479 g/mol. The first kappa shape index (κ1) is 22.9. The normalized spacial score (nSPS) is 14.9. The first-order chi connectivity index (χ1) is 17.2. The molecule has 0 spiro atoms. The van der Waals surface area contributed by atoms with Crippen molar-refractivity contribution in [2.24, 2.45) is 0 Å².